The second-order valence-electron chi connectivity index (χ2n) is 3.92. The van der Waals surface area contributed by atoms with Gasteiger partial charge in [-0.2, -0.15) is 0 Å². The van der Waals surface area contributed by atoms with Crippen molar-refractivity contribution in [2.45, 2.75) is 12.5 Å². The first kappa shape index (κ1) is 9.21. The number of fused-ring (bicyclic) bond motifs is 1. The third-order valence-electron chi connectivity index (χ3n) is 2.81. The zero-order chi connectivity index (χ0) is 11.1. The summed E-state index contributed by atoms with van der Waals surface area (Å²) in [5, 5.41) is 5.36. The van der Waals surface area contributed by atoms with Gasteiger partial charge in [-0.1, -0.05) is 6.07 Å². The number of carbonyl (C=O) groups excluding carboxylic acids is 2. The minimum absolute atomic E-state index is 0.00805. The van der Waals surface area contributed by atoms with Crippen molar-refractivity contribution in [2.24, 2.45) is 0 Å². The molecule has 0 saturated carbocycles. The van der Waals surface area contributed by atoms with E-state index in [4.69, 9.17) is 4.74 Å². The Morgan fingerprint density at radius 2 is 2.19 bits per heavy atom. The highest BCUT2D eigenvalue weighted by atomic mass is 16.6. The maximum absolute atomic E-state index is 11.2. The van der Waals surface area contributed by atoms with Gasteiger partial charge in [0.15, 0.2) is 0 Å². The minimum Gasteiger partial charge on any atom is -0.439 e. The van der Waals surface area contributed by atoms with Crippen molar-refractivity contribution >= 4 is 17.7 Å². The monoisotopic (exact) mass is 218 g/mol. The average molecular weight is 218 g/mol. The van der Waals surface area contributed by atoms with E-state index in [0.29, 0.717) is 13.0 Å². The molecule has 1 fully saturated rings. The van der Waals surface area contributed by atoms with Gasteiger partial charge in [-0.3, -0.25) is 4.79 Å². The molecule has 2 N–H and O–H groups in total. The van der Waals surface area contributed by atoms with E-state index < -0.39 is 0 Å². The zero-order valence-electron chi connectivity index (χ0n) is 8.45. The zero-order valence-corrected chi connectivity index (χ0v) is 8.45. The Labute approximate surface area is 91.8 Å². The second kappa shape index (κ2) is 3.23. The Morgan fingerprint density at radius 3 is 2.94 bits per heavy atom. The lowest BCUT2D eigenvalue weighted by atomic mass is 10.0. The van der Waals surface area contributed by atoms with Crippen LogP contribution in [0.3, 0.4) is 0 Å². The van der Waals surface area contributed by atoms with Gasteiger partial charge in [0.2, 0.25) is 5.91 Å². The number of hydrogen-bond acceptors (Lipinski definition) is 3. The summed E-state index contributed by atoms with van der Waals surface area (Å²) < 4.78 is 5.08. The molecule has 16 heavy (non-hydrogen) atoms. The topological polar surface area (TPSA) is 67.4 Å². The molecule has 0 aliphatic carbocycles. The minimum atomic E-state index is -0.389. The second-order valence-corrected chi connectivity index (χ2v) is 3.92. The summed E-state index contributed by atoms with van der Waals surface area (Å²) in [7, 11) is 0. The molecule has 1 unspecified atom stereocenters. The van der Waals surface area contributed by atoms with Crippen molar-refractivity contribution in [3.8, 4) is 0 Å². The lowest BCUT2D eigenvalue weighted by Crippen LogP contribution is -2.12. The Kier molecular flexibility index (Phi) is 1.86. The Morgan fingerprint density at radius 1 is 1.31 bits per heavy atom. The highest BCUT2D eigenvalue weighted by molar-refractivity contribution is 5.99. The number of alkyl carbamates (subject to hydrolysis) is 1. The van der Waals surface area contributed by atoms with E-state index in [2.05, 4.69) is 10.6 Å². The quantitative estimate of drug-likeness (QED) is 0.737. The SMILES string of the molecule is O=C1Cc2cc(C3CNC(=O)O3)ccc2N1. The van der Waals surface area contributed by atoms with Gasteiger partial charge in [-0.15, -0.1) is 0 Å². The van der Waals surface area contributed by atoms with Crippen LogP contribution < -0.4 is 10.6 Å². The molecule has 1 saturated heterocycles. The summed E-state index contributed by atoms with van der Waals surface area (Å²) in [5.41, 5.74) is 2.74. The molecule has 5 heteroatoms. The van der Waals surface area contributed by atoms with Crippen molar-refractivity contribution in [1.29, 1.82) is 0 Å². The molecule has 1 aromatic carbocycles. The maximum atomic E-state index is 11.2. The smallest absolute Gasteiger partial charge is 0.407 e. The van der Waals surface area contributed by atoms with Crippen molar-refractivity contribution in [1.82, 2.24) is 5.32 Å². The third-order valence-corrected chi connectivity index (χ3v) is 2.81. The third kappa shape index (κ3) is 1.41. The van der Waals surface area contributed by atoms with Crippen LogP contribution in [0.15, 0.2) is 18.2 Å². The number of anilines is 1. The fourth-order valence-corrected chi connectivity index (χ4v) is 2.02. The molecule has 0 radical (unpaired) electrons. The normalized spacial score (nSPS) is 22.4. The number of cyclic esters (lactones) is 1. The van der Waals surface area contributed by atoms with Crippen LogP contribution in [0.4, 0.5) is 10.5 Å². The largest absolute Gasteiger partial charge is 0.439 e. The van der Waals surface area contributed by atoms with E-state index in [-0.39, 0.29) is 18.1 Å². The van der Waals surface area contributed by atoms with Crippen molar-refractivity contribution in [3.63, 3.8) is 0 Å². The highest BCUT2D eigenvalue weighted by Crippen LogP contribution is 2.28. The number of amides is 2. The van der Waals surface area contributed by atoms with E-state index in [9.17, 15) is 9.59 Å². The Bertz CT molecular complexity index is 484. The van der Waals surface area contributed by atoms with Gasteiger partial charge in [0.25, 0.3) is 0 Å². The van der Waals surface area contributed by atoms with E-state index in [1.54, 1.807) is 0 Å². The van der Waals surface area contributed by atoms with Gasteiger partial charge in [0, 0.05) is 5.69 Å². The predicted molar refractivity (Wildman–Crippen MR) is 56.0 cm³/mol. The van der Waals surface area contributed by atoms with Crippen LogP contribution in [0.1, 0.15) is 17.2 Å². The highest BCUT2D eigenvalue weighted by Gasteiger charge is 2.26. The summed E-state index contributed by atoms with van der Waals surface area (Å²) in [6.45, 7) is 0.485. The molecule has 1 atom stereocenters. The molecular formula is C11H10N2O3. The van der Waals surface area contributed by atoms with Crippen molar-refractivity contribution < 1.29 is 14.3 Å². The van der Waals surface area contributed by atoms with Crippen LogP contribution in [-0.4, -0.2) is 18.5 Å². The summed E-state index contributed by atoms with van der Waals surface area (Å²) >= 11 is 0. The van der Waals surface area contributed by atoms with Crippen LogP contribution in [0, 0.1) is 0 Å². The Balaban J connectivity index is 1.90. The number of carbonyl (C=O) groups is 2. The van der Waals surface area contributed by atoms with Gasteiger partial charge < -0.3 is 15.4 Å². The molecular weight excluding hydrogens is 208 g/mol. The molecule has 0 aromatic heterocycles. The van der Waals surface area contributed by atoms with Crippen LogP contribution in [0.5, 0.6) is 0 Å². The molecule has 2 aliphatic heterocycles. The van der Waals surface area contributed by atoms with Crippen molar-refractivity contribution in [3.05, 3.63) is 29.3 Å². The molecule has 1 aromatic rings. The standard InChI is InChI=1S/C11H10N2O3/c14-10-4-7-3-6(1-2-8(7)13-10)9-5-12-11(15)16-9/h1-3,9H,4-5H2,(H,12,15)(H,13,14). The summed E-state index contributed by atoms with van der Waals surface area (Å²) in [4.78, 5) is 22.1. The molecule has 2 amide bonds. The van der Waals surface area contributed by atoms with Crippen LogP contribution in [-0.2, 0) is 16.0 Å². The van der Waals surface area contributed by atoms with Crippen LogP contribution in [0.25, 0.3) is 0 Å². The van der Waals surface area contributed by atoms with E-state index in [0.717, 1.165) is 16.8 Å². The van der Waals surface area contributed by atoms with E-state index >= 15 is 0 Å². The van der Waals surface area contributed by atoms with Crippen molar-refractivity contribution in [2.75, 3.05) is 11.9 Å². The number of rotatable bonds is 1. The fraction of sp³-hybridized carbons (Fsp3) is 0.273. The number of nitrogens with one attached hydrogen (secondary N) is 2. The maximum Gasteiger partial charge on any atom is 0.407 e. The first-order valence-electron chi connectivity index (χ1n) is 5.09. The van der Waals surface area contributed by atoms with Crippen LogP contribution in [0.2, 0.25) is 0 Å². The summed E-state index contributed by atoms with van der Waals surface area (Å²) in [6, 6.07) is 5.63. The number of hydrogen-bond donors (Lipinski definition) is 2. The molecule has 3 rings (SSSR count). The summed E-state index contributed by atoms with van der Waals surface area (Å²) in [6.07, 6.45) is -0.231. The van der Waals surface area contributed by atoms with Gasteiger partial charge in [0.05, 0.1) is 13.0 Å². The molecule has 0 bridgehead atoms. The van der Waals surface area contributed by atoms with Gasteiger partial charge >= 0.3 is 6.09 Å². The molecule has 2 aliphatic rings. The first-order chi connectivity index (χ1) is 7.72. The van der Waals surface area contributed by atoms with Crippen LogP contribution >= 0.6 is 0 Å². The molecule has 2 heterocycles. The Hall–Kier alpha value is -2.04. The number of ether oxygens (including phenoxy) is 1. The van der Waals surface area contributed by atoms with E-state index in [1.807, 2.05) is 18.2 Å². The lowest BCUT2D eigenvalue weighted by molar-refractivity contribution is -0.115. The average Bonchev–Trinajstić information content (AvgIpc) is 2.81. The molecule has 82 valence electrons. The summed E-state index contributed by atoms with van der Waals surface area (Å²) in [5.74, 6) is 0.00805. The van der Waals surface area contributed by atoms with E-state index in [1.165, 1.54) is 0 Å². The van der Waals surface area contributed by atoms with Gasteiger partial charge in [-0.05, 0) is 23.3 Å². The fourth-order valence-electron chi connectivity index (χ4n) is 2.02. The predicted octanol–water partition coefficient (Wildman–Crippen LogP) is 0.962. The first-order valence-corrected chi connectivity index (χ1v) is 5.09. The lowest BCUT2D eigenvalue weighted by Gasteiger charge is -2.09. The van der Waals surface area contributed by atoms with Gasteiger partial charge in [-0.25, -0.2) is 4.79 Å². The molecule has 5 nitrogen and oxygen atoms in total. The molecule has 0 spiro atoms. The van der Waals surface area contributed by atoms with Gasteiger partial charge in [0.1, 0.15) is 6.10 Å². The number of benzene rings is 1.